The first-order chi connectivity index (χ1) is 14.6. The fraction of sp³-hybridized carbons (Fsp3) is 0.0833. The summed E-state index contributed by atoms with van der Waals surface area (Å²) >= 11 is 5.95. The Morgan fingerprint density at radius 3 is 2.17 bits per heavy atom. The van der Waals surface area contributed by atoms with Crippen LogP contribution in [0.5, 0.6) is 5.75 Å². The largest absolute Gasteiger partial charge is 0.497 e. The summed E-state index contributed by atoms with van der Waals surface area (Å²) in [4.78, 5) is 27.7. The lowest BCUT2D eigenvalue weighted by Crippen LogP contribution is -2.32. The van der Waals surface area contributed by atoms with E-state index in [9.17, 15) is 9.59 Å². The highest BCUT2D eigenvalue weighted by molar-refractivity contribution is 6.36. The third-order valence-electron chi connectivity index (χ3n) is 4.84. The molecule has 4 rings (SSSR count). The van der Waals surface area contributed by atoms with Crippen molar-refractivity contribution in [3.05, 3.63) is 101 Å². The Kier molecular flexibility index (Phi) is 5.55. The maximum Gasteiger partial charge on any atom is 0.278 e. The molecule has 1 aliphatic heterocycles. The van der Waals surface area contributed by atoms with Gasteiger partial charge >= 0.3 is 0 Å². The van der Waals surface area contributed by atoms with Crippen LogP contribution >= 0.6 is 11.6 Å². The molecule has 0 aromatic heterocycles. The van der Waals surface area contributed by atoms with Gasteiger partial charge in [-0.15, -0.1) is 0 Å². The fourth-order valence-corrected chi connectivity index (χ4v) is 3.43. The van der Waals surface area contributed by atoms with Crippen LogP contribution in [0, 0.1) is 0 Å². The molecular weight excluding hydrogens is 400 g/mol. The van der Waals surface area contributed by atoms with Crippen molar-refractivity contribution >= 4 is 34.7 Å². The van der Waals surface area contributed by atoms with Crippen molar-refractivity contribution in [1.82, 2.24) is 4.90 Å². The number of ether oxygens (including phenoxy) is 1. The topological polar surface area (TPSA) is 58.6 Å². The molecule has 1 N–H and O–H groups in total. The van der Waals surface area contributed by atoms with Gasteiger partial charge in [-0.25, -0.2) is 0 Å². The molecule has 0 fully saturated rings. The van der Waals surface area contributed by atoms with E-state index in [0.717, 1.165) is 5.56 Å². The molecule has 0 atom stereocenters. The summed E-state index contributed by atoms with van der Waals surface area (Å²) in [7, 11) is 1.59. The van der Waals surface area contributed by atoms with E-state index in [4.69, 9.17) is 16.3 Å². The van der Waals surface area contributed by atoms with E-state index < -0.39 is 0 Å². The molecule has 0 bridgehead atoms. The van der Waals surface area contributed by atoms with Gasteiger partial charge in [0, 0.05) is 10.7 Å². The minimum Gasteiger partial charge on any atom is -0.497 e. The highest BCUT2D eigenvalue weighted by atomic mass is 35.5. The van der Waals surface area contributed by atoms with Crippen molar-refractivity contribution in [1.29, 1.82) is 0 Å². The van der Waals surface area contributed by atoms with Crippen LogP contribution in [0.15, 0.2) is 84.6 Å². The molecule has 0 spiro atoms. The summed E-state index contributed by atoms with van der Waals surface area (Å²) in [5.74, 6) is -0.00205. The lowest BCUT2D eigenvalue weighted by atomic mass is 10.0. The van der Waals surface area contributed by atoms with Gasteiger partial charge in [0.2, 0.25) is 0 Å². The molecule has 2 amide bonds. The highest BCUT2D eigenvalue weighted by Crippen LogP contribution is 2.32. The number of anilines is 1. The van der Waals surface area contributed by atoms with Crippen LogP contribution in [-0.2, 0) is 16.1 Å². The number of rotatable bonds is 6. The molecule has 3 aromatic rings. The van der Waals surface area contributed by atoms with Gasteiger partial charge < -0.3 is 10.1 Å². The minimum atomic E-state index is -0.371. The van der Waals surface area contributed by atoms with Crippen LogP contribution in [0.4, 0.5) is 5.69 Å². The maximum atomic E-state index is 13.2. The fourth-order valence-electron chi connectivity index (χ4n) is 3.30. The molecule has 0 saturated heterocycles. The number of hydrogen-bond donors (Lipinski definition) is 1. The number of carbonyl (C=O) groups is 2. The molecule has 3 aromatic carbocycles. The van der Waals surface area contributed by atoms with Gasteiger partial charge in [0.25, 0.3) is 11.8 Å². The second-order valence-electron chi connectivity index (χ2n) is 6.79. The Bertz CT molecular complexity index is 1110. The van der Waals surface area contributed by atoms with Crippen LogP contribution < -0.4 is 10.1 Å². The number of nitrogens with one attached hydrogen (secondary N) is 1. The number of imide groups is 1. The molecule has 30 heavy (non-hydrogen) atoms. The minimum absolute atomic E-state index is 0.166. The average molecular weight is 419 g/mol. The molecule has 5 nitrogen and oxygen atoms in total. The first kappa shape index (κ1) is 19.7. The van der Waals surface area contributed by atoms with Crippen LogP contribution in [0.1, 0.15) is 11.1 Å². The van der Waals surface area contributed by atoms with Gasteiger partial charge in [0.15, 0.2) is 0 Å². The quantitative estimate of drug-likeness (QED) is 0.587. The predicted octanol–water partition coefficient (Wildman–Crippen LogP) is 4.74. The SMILES string of the molecule is COc1ccc(NC2=C(c3ccccc3)C(=O)N(Cc3ccc(Cl)cc3)C2=O)cc1. The van der Waals surface area contributed by atoms with E-state index in [0.29, 0.717) is 27.6 Å². The van der Waals surface area contributed by atoms with Gasteiger partial charge in [-0.05, 0) is 47.5 Å². The second-order valence-corrected chi connectivity index (χ2v) is 7.23. The maximum absolute atomic E-state index is 13.2. The van der Waals surface area contributed by atoms with E-state index in [1.165, 1.54) is 4.90 Å². The van der Waals surface area contributed by atoms with Crippen molar-refractivity contribution in [2.75, 3.05) is 12.4 Å². The van der Waals surface area contributed by atoms with Gasteiger partial charge in [0.05, 0.1) is 19.2 Å². The van der Waals surface area contributed by atoms with Gasteiger partial charge in [-0.2, -0.15) is 0 Å². The smallest absolute Gasteiger partial charge is 0.278 e. The molecule has 1 aliphatic rings. The van der Waals surface area contributed by atoms with Crippen molar-refractivity contribution in [2.45, 2.75) is 6.54 Å². The second kappa shape index (κ2) is 8.43. The molecule has 0 radical (unpaired) electrons. The standard InChI is InChI=1S/C24H19ClN2O3/c1-30-20-13-11-19(12-14-20)26-22-21(17-5-3-2-4-6-17)23(28)27(24(22)29)15-16-7-9-18(25)10-8-16/h2-14,26H,15H2,1H3. The first-order valence-electron chi connectivity index (χ1n) is 9.38. The molecule has 0 aliphatic carbocycles. The van der Waals surface area contributed by atoms with Crippen LogP contribution in [0.25, 0.3) is 5.57 Å². The number of carbonyl (C=O) groups excluding carboxylic acids is 2. The molecule has 6 heteroatoms. The summed E-state index contributed by atoms with van der Waals surface area (Å²) in [6.45, 7) is 0.166. The van der Waals surface area contributed by atoms with E-state index in [1.54, 1.807) is 55.6 Å². The lowest BCUT2D eigenvalue weighted by molar-refractivity contribution is -0.137. The summed E-state index contributed by atoms with van der Waals surface area (Å²) in [5, 5.41) is 3.74. The van der Waals surface area contributed by atoms with Gasteiger partial charge in [-0.1, -0.05) is 54.1 Å². The van der Waals surface area contributed by atoms with E-state index in [-0.39, 0.29) is 24.1 Å². The summed E-state index contributed by atoms with van der Waals surface area (Å²) in [5.41, 5.74) is 2.80. The molecule has 0 unspecified atom stereocenters. The zero-order chi connectivity index (χ0) is 21.1. The van der Waals surface area contributed by atoms with Gasteiger partial charge in [0.1, 0.15) is 11.4 Å². The Balaban J connectivity index is 1.69. The lowest BCUT2D eigenvalue weighted by Gasteiger charge is -2.15. The van der Waals surface area contributed by atoms with Crippen molar-refractivity contribution < 1.29 is 14.3 Å². The highest BCUT2D eigenvalue weighted by Gasteiger charge is 2.39. The zero-order valence-electron chi connectivity index (χ0n) is 16.3. The monoisotopic (exact) mass is 418 g/mol. The number of benzene rings is 3. The predicted molar refractivity (Wildman–Crippen MR) is 117 cm³/mol. The van der Waals surface area contributed by atoms with E-state index >= 15 is 0 Å². The third-order valence-corrected chi connectivity index (χ3v) is 5.10. The molecular formula is C24H19ClN2O3. The first-order valence-corrected chi connectivity index (χ1v) is 9.76. The van der Waals surface area contributed by atoms with Gasteiger partial charge in [-0.3, -0.25) is 14.5 Å². The summed E-state index contributed by atoms with van der Waals surface area (Å²) < 4.78 is 5.18. The summed E-state index contributed by atoms with van der Waals surface area (Å²) in [6, 6.07) is 23.5. The molecule has 1 heterocycles. The zero-order valence-corrected chi connectivity index (χ0v) is 17.0. The number of halogens is 1. The van der Waals surface area contributed by atoms with Crippen LogP contribution in [0.2, 0.25) is 5.02 Å². The Hall–Kier alpha value is -3.57. The Morgan fingerprint density at radius 1 is 0.867 bits per heavy atom. The van der Waals surface area contributed by atoms with Crippen LogP contribution in [0.3, 0.4) is 0 Å². The Labute approximate surface area is 179 Å². The Morgan fingerprint density at radius 2 is 1.53 bits per heavy atom. The third kappa shape index (κ3) is 3.93. The van der Waals surface area contributed by atoms with Crippen molar-refractivity contribution in [3.8, 4) is 5.75 Å². The number of methoxy groups -OCH3 is 1. The number of hydrogen-bond acceptors (Lipinski definition) is 4. The normalized spacial score (nSPS) is 13.7. The number of amides is 2. The van der Waals surface area contributed by atoms with E-state index in [1.807, 2.05) is 30.3 Å². The summed E-state index contributed by atoms with van der Waals surface area (Å²) in [6.07, 6.45) is 0. The van der Waals surface area contributed by atoms with E-state index in [2.05, 4.69) is 5.32 Å². The average Bonchev–Trinajstić information content (AvgIpc) is 3.00. The van der Waals surface area contributed by atoms with Crippen molar-refractivity contribution in [2.24, 2.45) is 0 Å². The number of nitrogens with zero attached hydrogens (tertiary/aromatic N) is 1. The molecule has 0 saturated carbocycles. The van der Waals surface area contributed by atoms with Crippen molar-refractivity contribution in [3.63, 3.8) is 0 Å². The van der Waals surface area contributed by atoms with Crippen LogP contribution in [-0.4, -0.2) is 23.8 Å². The molecule has 150 valence electrons.